The van der Waals surface area contributed by atoms with Crippen LogP contribution in [0.3, 0.4) is 0 Å². The Labute approximate surface area is 158 Å². The SMILES string of the molecule is Cc1cc(F)cc(C)c1OCCCCCN[C@@H]1C=C(CF)[C@H](O)[C@H](O)[C@H]1O. The van der Waals surface area contributed by atoms with E-state index in [1.54, 1.807) is 0 Å². The van der Waals surface area contributed by atoms with Crippen molar-refractivity contribution in [2.24, 2.45) is 0 Å². The number of unbranched alkanes of at least 4 members (excludes halogenated alkanes) is 2. The largest absolute Gasteiger partial charge is 0.493 e. The highest BCUT2D eigenvalue weighted by atomic mass is 19.1. The smallest absolute Gasteiger partial charge is 0.125 e. The third kappa shape index (κ3) is 5.72. The number of aryl methyl sites for hydroxylation is 2. The summed E-state index contributed by atoms with van der Waals surface area (Å²) in [6, 6.07) is 2.31. The number of aliphatic hydroxyl groups is 3. The Balaban J connectivity index is 1.68. The van der Waals surface area contributed by atoms with Gasteiger partial charge in [-0.2, -0.15) is 0 Å². The van der Waals surface area contributed by atoms with Crippen LogP contribution in [0.25, 0.3) is 0 Å². The fourth-order valence-electron chi connectivity index (χ4n) is 3.32. The Morgan fingerprint density at radius 3 is 2.33 bits per heavy atom. The van der Waals surface area contributed by atoms with E-state index < -0.39 is 31.0 Å². The molecule has 1 aliphatic rings. The van der Waals surface area contributed by atoms with Crippen LogP contribution in [0.1, 0.15) is 30.4 Å². The summed E-state index contributed by atoms with van der Waals surface area (Å²) in [5, 5.41) is 32.5. The predicted octanol–water partition coefficient (Wildman–Crippen LogP) is 1.94. The van der Waals surface area contributed by atoms with Crippen LogP contribution < -0.4 is 10.1 Å². The van der Waals surface area contributed by atoms with Crippen molar-refractivity contribution in [2.45, 2.75) is 57.5 Å². The van der Waals surface area contributed by atoms with Crippen molar-refractivity contribution in [3.05, 3.63) is 40.7 Å². The van der Waals surface area contributed by atoms with Crippen LogP contribution in [0.15, 0.2) is 23.8 Å². The van der Waals surface area contributed by atoms with E-state index in [-0.39, 0.29) is 11.4 Å². The third-order valence-electron chi connectivity index (χ3n) is 4.84. The van der Waals surface area contributed by atoms with Gasteiger partial charge in [-0.1, -0.05) is 6.08 Å². The van der Waals surface area contributed by atoms with Gasteiger partial charge >= 0.3 is 0 Å². The second-order valence-electron chi connectivity index (χ2n) is 7.06. The second kappa shape index (κ2) is 10.1. The number of rotatable bonds is 9. The van der Waals surface area contributed by atoms with E-state index in [9.17, 15) is 24.1 Å². The van der Waals surface area contributed by atoms with Gasteiger partial charge < -0.3 is 25.4 Å². The van der Waals surface area contributed by atoms with E-state index in [0.717, 1.165) is 36.1 Å². The van der Waals surface area contributed by atoms with Crippen molar-refractivity contribution >= 4 is 0 Å². The second-order valence-corrected chi connectivity index (χ2v) is 7.06. The van der Waals surface area contributed by atoms with E-state index in [1.165, 1.54) is 18.2 Å². The average Bonchev–Trinajstić information content (AvgIpc) is 2.62. The van der Waals surface area contributed by atoms with Gasteiger partial charge in [0.05, 0.1) is 12.6 Å². The van der Waals surface area contributed by atoms with Gasteiger partial charge in [0.15, 0.2) is 0 Å². The summed E-state index contributed by atoms with van der Waals surface area (Å²) in [5.41, 5.74) is 1.64. The molecule has 0 fully saturated rings. The summed E-state index contributed by atoms with van der Waals surface area (Å²) >= 11 is 0. The molecule has 0 spiro atoms. The summed E-state index contributed by atoms with van der Waals surface area (Å²) in [6.07, 6.45) is 0.0183. The van der Waals surface area contributed by atoms with E-state index in [1.807, 2.05) is 13.8 Å². The number of aliphatic hydroxyl groups excluding tert-OH is 3. The molecule has 1 aromatic carbocycles. The fraction of sp³-hybridized carbons (Fsp3) is 0.600. The van der Waals surface area contributed by atoms with Crippen LogP contribution in [0, 0.1) is 19.7 Å². The Morgan fingerprint density at radius 1 is 1.04 bits per heavy atom. The lowest BCUT2D eigenvalue weighted by Gasteiger charge is -2.34. The van der Waals surface area contributed by atoms with E-state index in [4.69, 9.17) is 4.74 Å². The lowest BCUT2D eigenvalue weighted by molar-refractivity contribution is -0.0628. The number of ether oxygens (including phenoxy) is 1. The molecule has 4 atom stereocenters. The van der Waals surface area contributed by atoms with E-state index >= 15 is 0 Å². The fourth-order valence-corrected chi connectivity index (χ4v) is 3.32. The van der Waals surface area contributed by atoms with Crippen LogP contribution in [0.4, 0.5) is 8.78 Å². The first kappa shape index (κ1) is 21.8. The molecule has 0 heterocycles. The third-order valence-corrected chi connectivity index (χ3v) is 4.84. The minimum absolute atomic E-state index is 0.0868. The molecule has 0 bridgehead atoms. The number of alkyl halides is 1. The van der Waals surface area contributed by atoms with Gasteiger partial charge in [0, 0.05) is 0 Å². The van der Waals surface area contributed by atoms with E-state index in [0.29, 0.717) is 13.2 Å². The van der Waals surface area contributed by atoms with Gasteiger partial charge in [-0.05, 0) is 68.5 Å². The molecule has 4 N–H and O–H groups in total. The molecule has 0 saturated carbocycles. The molecule has 7 heteroatoms. The molecule has 1 aliphatic carbocycles. The number of nitrogens with one attached hydrogen (secondary N) is 1. The number of halogens is 2. The van der Waals surface area contributed by atoms with Crippen LogP contribution >= 0.6 is 0 Å². The minimum atomic E-state index is -1.39. The summed E-state index contributed by atoms with van der Waals surface area (Å²) < 4.78 is 31.9. The first-order chi connectivity index (χ1) is 12.8. The average molecular weight is 385 g/mol. The first-order valence-corrected chi connectivity index (χ1v) is 9.28. The standard InChI is InChI=1S/C20H29F2NO4/c1-12-8-15(22)9-13(2)20(12)27-7-5-3-4-6-23-16-10-14(11-21)17(24)19(26)18(16)25/h8-10,16-19,23-26H,3-7,11H2,1-2H3/t16-,17+,18+,19+/m1/s1. The molecule has 0 amide bonds. The van der Waals surface area contributed by atoms with Gasteiger partial charge in [0.2, 0.25) is 0 Å². The molecule has 152 valence electrons. The lowest BCUT2D eigenvalue weighted by atomic mass is 9.88. The molecule has 5 nitrogen and oxygen atoms in total. The zero-order valence-corrected chi connectivity index (χ0v) is 15.8. The Hall–Kier alpha value is -1.54. The molecular weight excluding hydrogens is 356 g/mol. The molecule has 1 aromatic rings. The van der Waals surface area contributed by atoms with Crippen molar-refractivity contribution < 1.29 is 28.8 Å². The molecule has 27 heavy (non-hydrogen) atoms. The van der Waals surface area contributed by atoms with E-state index in [2.05, 4.69) is 5.32 Å². The summed E-state index contributed by atoms with van der Waals surface area (Å²) in [6.45, 7) is 3.87. The predicted molar refractivity (Wildman–Crippen MR) is 99.1 cm³/mol. The lowest BCUT2D eigenvalue weighted by Crippen LogP contribution is -2.54. The first-order valence-electron chi connectivity index (χ1n) is 9.28. The van der Waals surface area contributed by atoms with Gasteiger partial charge in [-0.25, -0.2) is 8.78 Å². The Kier molecular flexibility index (Phi) is 8.16. The maximum atomic E-state index is 13.3. The quantitative estimate of drug-likeness (QED) is 0.386. The topological polar surface area (TPSA) is 82.0 Å². The van der Waals surface area contributed by atoms with Gasteiger partial charge in [-0.3, -0.25) is 0 Å². The zero-order chi connectivity index (χ0) is 20.0. The summed E-state index contributed by atoms with van der Waals surface area (Å²) in [5.74, 6) is 0.451. The number of hydrogen-bond donors (Lipinski definition) is 4. The van der Waals surface area contributed by atoms with Crippen LogP contribution in [-0.4, -0.2) is 59.5 Å². The monoisotopic (exact) mass is 385 g/mol. The van der Waals surface area contributed by atoms with Crippen molar-refractivity contribution in [1.29, 1.82) is 0 Å². The maximum absolute atomic E-state index is 13.3. The van der Waals surface area contributed by atoms with Crippen LogP contribution in [0.2, 0.25) is 0 Å². The van der Waals surface area contributed by atoms with Crippen LogP contribution in [-0.2, 0) is 0 Å². The van der Waals surface area contributed by atoms with Crippen molar-refractivity contribution in [1.82, 2.24) is 5.32 Å². The minimum Gasteiger partial charge on any atom is -0.493 e. The highest BCUT2D eigenvalue weighted by Crippen LogP contribution is 2.24. The van der Waals surface area contributed by atoms with Gasteiger partial charge in [0.1, 0.15) is 36.6 Å². The van der Waals surface area contributed by atoms with Gasteiger partial charge in [-0.15, -0.1) is 0 Å². The molecule has 0 aliphatic heterocycles. The molecule has 2 rings (SSSR count). The van der Waals surface area contributed by atoms with Crippen molar-refractivity contribution in [2.75, 3.05) is 19.8 Å². The highest BCUT2D eigenvalue weighted by molar-refractivity contribution is 5.40. The van der Waals surface area contributed by atoms with Gasteiger partial charge in [0.25, 0.3) is 0 Å². The Bertz CT molecular complexity index is 630. The summed E-state index contributed by atoms with van der Waals surface area (Å²) in [4.78, 5) is 0. The van der Waals surface area contributed by atoms with Crippen molar-refractivity contribution in [3.8, 4) is 5.75 Å². The molecule has 0 unspecified atom stereocenters. The normalized spacial score (nSPS) is 25.4. The molecule has 0 saturated heterocycles. The Morgan fingerprint density at radius 2 is 1.70 bits per heavy atom. The maximum Gasteiger partial charge on any atom is 0.125 e. The van der Waals surface area contributed by atoms with Crippen LogP contribution in [0.5, 0.6) is 5.75 Å². The summed E-state index contributed by atoms with van der Waals surface area (Å²) in [7, 11) is 0. The molecule has 0 aromatic heterocycles. The van der Waals surface area contributed by atoms with Crippen molar-refractivity contribution in [3.63, 3.8) is 0 Å². The molecular formula is C20H29F2NO4. The number of hydrogen-bond acceptors (Lipinski definition) is 5. The molecule has 0 radical (unpaired) electrons. The number of benzene rings is 1. The zero-order valence-electron chi connectivity index (χ0n) is 15.8. The highest BCUT2D eigenvalue weighted by Gasteiger charge is 2.36.